The first-order chi connectivity index (χ1) is 18.9. The first kappa shape index (κ1) is 27.7. The topological polar surface area (TPSA) is 98.2 Å². The van der Waals surface area contributed by atoms with Crippen molar-refractivity contribution in [3.05, 3.63) is 84.4 Å². The van der Waals surface area contributed by atoms with Crippen LogP contribution in [-0.2, 0) is 17.6 Å². The number of hydrogen-bond acceptors (Lipinski definition) is 7. The van der Waals surface area contributed by atoms with Gasteiger partial charge in [-0.25, -0.2) is 0 Å². The molecule has 1 aliphatic heterocycles. The molecule has 1 aromatic carbocycles. The van der Waals surface area contributed by atoms with E-state index in [1.54, 1.807) is 22.7 Å². The Labute approximate surface area is 242 Å². The average molecular weight is 581 g/mol. The van der Waals surface area contributed by atoms with Crippen LogP contribution in [0.4, 0.5) is 0 Å². The second-order valence-corrected chi connectivity index (χ2v) is 12.5. The molecule has 0 bridgehead atoms. The molecule has 1 atom stereocenters. The number of aryl methyl sites for hydroxylation is 4. The summed E-state index contributed by atoms with van der Waals surface area (Å²) in [6.45, 7) is 7.51. The van der Waals surface area contributed by atoms with Crippen molar-refractivity contribution in [3.63, 3.8) is 0 Å². The van der Waals surface area contributed by atoms with Gasteiger partial charge < -0.3 is 11.1 Å². The van der Waals surface area contributed by atoms with Gasteiger partial charge in [0.05, 0.1) is 12.1 Å². The fourth-order valence-electron chi connectivity index (χ4n) is 4.96. The van der Waals surface area contributed by atoms with Gasteiger partial charge in [0, 0.05) is 32.4 Å². The predicted molar refractivity (Wildman–Crippen MR) is 161 cm³/mol. The zero-order chi connectivity index (χ0) is 27.5. The molecular formula is C29H33ClN6OS2. The van der Waals surface area contributed by atoms with E-state index in [1.807, 2.05) is 31.2 Å². The van der Waals surface area contributed by atoms with Crippen LogP contribution in [-0.4, -0.2) is 39.5 Å². The molecule has 0 fully saturated rings. The summed E-state index contributed by atoms with van der Waals surface area (Å²) in [7, 11) is 0. The fraction of sp³-hybridized carbons (Fsp3) is 0.379. The Morgan fingerprint density at radius 1 is 1.10 bits per heavy atom. The standard InChI is InChI=1S/C29H33ClN6OS2/c1-17-18(2)39-29-26(17)27(21-8-10-22(30)11-9-21)33-23(28-35-34-19(3)36(28)29)16-25(37)32-14-5-7-24-20(6-4-13-31)12-15-38-24/h8-12,15,23H,4-7,13-14,16,31H2,1-3H3,(H,32,37)/t23-/m0/s1. The predicted octanol–water partition coefficient (Wildman–Crippen LogP) is 5.89. The third-order valence-corrected chi connectivity index (χ3v) is 9.59. The maximum atomic E-state index is 13.2. The average Bonchev–Trinajstić information content (AvgIpc) is 3.59. The van der Waals surface area contributed by atoms with E-state index in [0.717, 1.165) is 53.3 Å². The van der Waals surface area contributed by atoms with Crippen LogP contribution in [0.3, 0.4) is 0 Å². The van der Waals surface area contributed by atoms with Crippen molar-refractivity contribution in [2.24, 2.45) is 10.7 Å². The first-order valence-corrected chi connectivity index (χ1v) is 15.3. The number of rotatable bonds is 10. The van der Waals surface area contributed by atoms with Crippen molar-refractivity contribution in [2.75, 3.05) is 13.1 Å². The molecule has 0 saturated carbocycles. The lowest BCUT2D eigenvalue weighted by Gasteiger charge is -2.13. The Bertz CT molecular complexity index is 1500. The van der Waals surface area contributed by atoms with Crippen LogP contribution in [0.25, 0.3) is 5.00 Å². The van der Waals surface area contributed by atoms with Crippen LogP contribution in [0.2, 0.25) is 5.02 Å². The van der Waals surface area contributed by atoms with Gasteiger partial charge in [0.1, 0.15) is 16.9 Å². The first-order valence-electron chi connectivity index (χ1n) is 13.3. The van der Waals surface area contributed by atoms with E-state index in [9.17, 15) is 4.79 Å². The maximum Gasteiger partial charge on any atom is 0.222 e. The van der Waals surface area contributed by atoms with Crippen molar-refractivity contribution in [2.45, 2.75) is 58.9 Å². The molecule has 10 heteroatoms. The molecule has 0 spiro atoms. The van der Waals surface area contributed by atoms with E-state index in [4.69, 9.17) is 22.3 Å². The largest absolute Gasteiger partial charge is 0.356 e. The minimum absolute atomic E-state index is 0.0425. The summed E-state index contributed by atoms with van der Waals surface area (Å²) in [4.78, 5) is 21.0. The summed E-state index contributed by atoms with van der Waals surface area (Å²) in [6, 6.07) is 9.45. The van der Waals surface area contributed by atoms with Crippen molar-refractivity contribution < 1.29 is 4.79 Å². The van der Waals surface area contributed by atoms with Gasteiger partial charge in [-0.3, -0.25) is 14.4 Å². The number of nitrogens with one attached hydrogen (secondary N) is 1. The molecule has 3 N–H and O–H groups in total. The smallest absolute Gasteiger partial charge is 0.222 e. The van der Waals surface area contributed by atoms with Gasteiger partial charge in [-0.05, 0) is 87.7 Å². The Kier molecular flexibility index (Phi) is 8.61. The number of nitrogens with two attached hydrogens (primary N) is 1. The monoisotopic (exact) mass is 580 g/mol. The number of halogens is 1. The molecule has 7 nitrogen and oxygen atoms in total. The summed E-state index contributed by atoms with van der Waals surface area (Å²) in [5.41, 5.74) is 11.1. The van der Waals surface area contributed by atoms with Crippen LogP contribution in [0.15, 0.2) is 40.7 Å². The third kappa shape index (κ3) is 5.87. The highest BCUT2D eigenvalue weighted by molar-refractivity contribution is 7.15. The molecule has 39 heavy (non-hydrogen) atoms. The molecule has 0 aliphatic carbocycles. The van der Waals surface area contributed by atoms with E-state index < -0.39 is 6.04 Å². The highest BCUT2D eigenvalue weighted by Crippen LogP contribution is 2.39. The molecule has 204 valence electrons. The number of amides is 1. The van der Waals surface area contributed by atoms with Gasteiger partial charge >= 0.3 is 0 Å². The van der Waals surface area contributed by atoms with Crippen LogP contribution in [0, 0.1) is 20.8 Å². The second-order valence-electron chi connectivity index (χ2n) is 9.82. The van der Waals surface area contributed by atoms with E-state index in [0.29, 0.717) is 23.9 Å². The molecule has 0 unspecified atom stereocenters. The number of benzene rings is 1. The van der Waals surface area contributed by atoms with Gasteiger partial charge in [-0.1, -0.05) is 23.7 Å². The third-order valence-electron chi connectivity index (χ3n) is 7.13. The summed E-state index contributed by atoms with van der Waals surface area (Å²) >= 11 is 9.69. The Morgan fingerprint density at radius 2 is 1.90 bits per heavy atom. The second kappa shape index (κ2) is 12.1. The lowest BCUT2D eigenvalue weighted by atomic mass is 9.99. The number of carbonyl (C=O) groups is 1. The normalized spacial score (nSPS) is 14.5. The summed E-state index contributed by atoms with van der Waals surface area (Å²) in [5, 5.41) is 15.8. The number of carbonyl (C=O) groups excluding carboxylic acids is 1. The molecule has 1 aliphatic rings. The quantitative estimate of drug-likeness (QED) is 0.228. The number of hydrogen-bond donors (Lipinski definition) is 2. The number of thiophene rings is 2. The summed E-state index contributed by atoms with van der Waals surface area (Å²) in [5.74, 6) is 1.43. The van der Waals surface area contributed by atoms with Crippen molar-refractivity contribution in [1.82, 2.24) is 20.1 Å². The summed E-state index contributed by atoms with van der Waals surface area (Å²) in [6.07, 6.45) is 4.05. The van der Waals surface area contributed by atoms with Gasteiger partial charge in [-0.2, -0.15) is 0 Å². The number of fused-ring (bicyclic) bond motifs is 3. The van der Waals surface area contributed by atoms with Crippen molar-refractivity contribution >= 4 is 45.9 Å². The zero-order valence-electron chi connectivity index (χ0n) is 22.5. The molecule has 5 rings (SSSR count). The van der Waals surface area contributed by atoms with Crippen molar-refractivity contribution in [3.8, 4) is 5.00 Å². The highest BCUT2D eigenvalue weighted by atomic mass is 35.5. The lowest BCUT2D eigenvalue weighted by molar-refractivity contribution is -0.121. The molecular weight excluding hydrogens is 548 g/mol. The minimum Gasteiger partial charge on any atom is -0.356 e. The molecule has 0 saturated heterocycles. The van der Waals surface area contributed by atoms with E-state index in [-0.39, 0.29) is 12.3 Å². The van der Waals surface area contributed by atoms with Crippen LogP contribution in [0.1, 0.15) is 69.0 Å². The molecule has 0 radical (unpaired) electrons. The number of aliphatic imine (C=N–C) groups is 1. The molecule has 4 aromatic rings. The number of aromatic nitrogens is 3. The minimum atomic E-state index is -0.462. The van der Waals surface area contributed by atoms with E-state index >= 15 is 0 Å². The zero-order valence-corrected chi connectivity index (χ0v) is 24.8. The lowest BCUT2D eigenvalue weighted by Crippen LogP contribution is -2.26. The van der Waals surface area contributed by atoms with Crippen molar-refractivity contribution in [1.29, 1.82) is 0 Å². The van der Waals surface area contributed by atoms with E-state index in [2.05, 4.69) is 45.4 Å². The van der Waals surface area contributed by atoms with Crippen LogP contribution in [0.5, 0.6) is 0 Å². The maximum absolute atomic E-state index is 13.2. The van der Waals surface area contributed by atoms with Gasteiger partial charge in [0.25, 0.3) is 0 Å². The highest BCUT2D eigenvalue weighted by Gasteiger charge is 2.32. The van der Waals surface area contributed by atoms with E-state index in [1.165, 1.54) is 20.9 Å². The van der Waals surface area contributed by atoms with Gasteiger partial charge in [0.15, 0.2) is 5.82 Å². The summed E-state index contributed by atoms with van der Waals surface area (Å²) < 4.78 is 2.07. The SMILES string of the molecule is Cc1sc2c(c1C)C(c1ccc(Cl)cc1)=N[C@@H](CC(=O)NCCCc1sccc1CCCN)c1nnc(C)n1-2. The number of nitrogens with zero attached hydrogens (tertiary/aromatic N) is 4. The Hall–Kier alpha value is -2.85. The molecule has 3 aromatic heterocycles. The van der Waals surface area contributed by atoms with Crippen LogP contribution >= 0.6 is 34.3 Å². The van der Waals surface area contributed by atoms with Crippen LogP contribution < -0.4 is 11.1 Å². The van der Waals surface area contributed by atoms with Gasteiger partial charge in [-0.15, -0.1) is 32.9 Å². The Balaban J connectivity index is 1.36. The molecule has 4 heterocycles. The molecule has 1 amide bonds. The Morgan fingerprint density at radius 3 is 2.67 bits per heavy atom. The fourth-order valence-corrected chi connectivity index (χ4v) is 7.28. The van der Waals surface area contributed by atoms with Gasteiger partial charge in [0.2, 0.25) is 5.91 Å².